The Labute approximate surface area is 227 Å². The van der Waals surface area contributed by atoms with Gasteiger partial charge in [-0.2, -0.15) is 13.2 Å². The molecule has 0 aliphatic carbocycles. The van der Waals surface area contributed by atoms with Crippen LogP contribution >= 0.6 is 15.9 Å². The molecule has 0 bridgehead atoms. The molecule has 1 unspecified atom stereocenters. The average Bonchev–Trinajstić information content (AvgIpc) is 2.82. The molecule has 3 rings (SSSR count). The van der Waals surface area contributed by atoms with Gasteiger partial charge in [0.1, 0.15) is 10.5 Å². The van der Waals surface area contributed by atoms with Crippen molar-refractivity contribution in [3.63, 3.8) is 0 Å². The van der Waals surface area contributed by atoms with Crippen LogP contribution in [0.4, 0.5) is 23.7 Å². The van der Waals surface area contributed by atoms with Gasteiger partial charge in [-0.1, -0.05) is 6.07 Å². The van der Waals surface area contributed by atoms with Crippen LogP contribution in [0.5, 0.6) is 0 Å². The number of nitrogens with one attached hydrogen (secondary N) is 1. The lowest BCUT2D eigenvalue weighted by molar-refractivity contribution is -0.137. The number of halogens is 4. The minimum absolute atomic E-state index is 0.0550. The average molecular weight is 621 g/mol. The lowest BCUT2D eigenvalue weighted by atomic mass is 9.89. The third kappa shape index (κ3) is 7.19. The Bertz CT molecular complexity index is 1330. The number of alkyl halides is 3. The van der Waals surface area contributed by atoms with E-state index in [4.69, 9.17) is 4.74 Å². The second kappa shape index (κ2) is 11.1. The van der Waals surface area contributed by atoms with Crippen molar-refractivity contribution in [2.45, 2.75) is 56.2 Å². The van der Waals surface area contributed by atoms with Gasteiger partial charge in [0.2, 0.25) is 0 Å². The predicted molar refractivity (Wildman–Crippen MR) is 138 cm³/mol. The Morgan fingerprint density at radius 1 is 1.11 bits per heavy atom. The summed E-state index contributed by atoms with van der Waals surface area (Å²) in [6.45, 7) is 5.71. The number of amides is 1. The van der Waals surface area contributed by atoms with Crippen LogP contribution in [0.15, 0.2) is 45.8 Å². The lowest BCUT2D eigenvalue weighted by Crippen LogP contribution is -2.42. The van der Waals surface area contributed by atoms with Crippen molar-refractivity contribution >= 4 is 43.7 Å². The number of sulfonamides is 1. The number of likely N-dealkylation sites (tertiary alicyclic amines) is 1. The molecule has 208 valence electrons. The molecule has 0 radical (unpaired) electrons. The van der Waals surface area contributed by atoms with Crippen LogP contribution in [0, 0.1) is 0 Å². The van der Waals surface area contributed by atoms with E-state index in [1.54, 1.807) is 20.8 Å². The monoisotopic (exact) mass is 620 g/mol. The molecule has 1 aliphatic heterocycles. The number of carbonyl (C=O) groups excluding carboxylic acids is 2. The number of methoxy groups -OCH3 is 1. The Morgan fingerprint density at radius 2 is 1.79 bits per heavy atom. The largest absolute Gasteiger partial charge is 0.465 e. The first-order valence-corrected chi connectivity index (χ1v) is 13.9. The molecular formula is C25H28BrF3N2O6S. The van der Waals surface area contributed by atoms with Gasteiger partial charge in [0, 0.05) is 23.5 Å². The standard InChI is InChI=1S/C25H28BrF3N2O6S/c1-24(2,3)37-23(33)31-11-5-6-16(14-31)18-9-8-17(25(27,28)29)13-20(18)30-38(34,35)21-12-15(22(32)36-4)7-10-19(21)26/h7-10,12-13,16,30H,5-6,11,14H2,1-4H3. The fourth-order valence-electron chi connectivity index (χ4n) is 4.05. The van der Waals surface area contributed by atoms with Gasteiger partial charge >= 0.3 is 18.2 Å². The van der Waals surface area contributed by atoms with Crippen LogP contribution in [0.2, 0.25) is 0 Å². The van der Waals surface area contributed by atoms with Crippen molar-refractivity contribution in [1.29, 1.82) is 0 Å². The Kier molecular flexibility index (Phi) is 8.71. The smallest absolute Gasteiger partial charge is 0.416 e. The molecule has 1 N–H and O–H groups in total. The van der Waals surface area contributed by atoms with E-state index >= 15 is 0 Å². The van der Waals surface area contributed by atoms with Gasteiger partial charge in [0.25, 0.3) is 10.0 Å². The first kappa shape index (κ1) is 29.8. The molecule has 2 aromatic carbocycles. The van der Waals surface area contributed by atoms with E-state index in [1.807, 2.05) is 0 Å². The maximum absolute atomic E-state index is 13.6. The van der Waals surface area contributed by atoms with Gasteiger partial charge in [0.15, 0.2) is 0 Å². The zero-order valence-electron chi connectivity index (χ0n) is 21.2. The summed E-state index contributed by atoms with van der Waals surface area (Å²) in [6, 6.07) is 6.58. The van der Waals surface area contributed by atoms with Crippen molar-refractivity contribution in [2.75, 3.05) is 24.9 Å². The third-order valence-electron chi connectivity index (χ3n) is 5.78. The van der Waals surface area contributed by atoms with Gasteiger partial charge in [-0.3, -0.25) is 4.72 Å². The molecule has 0 spiro atoms. The Balaban J connectivity index is 2.02. The van der Waals surface area contributed by atoms with Gasteiger partial charge in [-0.25, -0.2) is 18.0 Å². The molecule has 0 aromatic heterocycles. The second-order valence-electron chi connectivity index (χ2n) is 9.81. The fourth-order valence-corrected chi connectivity index (χ4v) is 6.12. The summed E-state index contributed by atoms with van der Waals surface area (Å²) in [5.74, 6) is -1.24. The molecule has 1 fully saturated rings. The van der Waals surface area contributed by atoms with Crippen LogP contribution in [0.1, 0.15) is 61.0 Å². The van der Waals surface area contributed by atoms with E-state index in [0.717, 1.165) is 25.3 Å². The summed E-state index contributed by atoms with van der Waals surface area (Å²) >= 11 is 3.13. The zero-order chi connectivity index (χ0) is 28.5. The van der Waals surface area contributed by atoms with Gasteiger partial charge < -0.3 is 14.4 Å². The Hall–Kier alpha value is -2.80. The summed E-state index contributed by atoms with van der Waals surface area (Å²) in [5.41, 5.74) is -1.80. The van der Waals surface area contributed by atoms with E-state index in [2.05, 4.69) is 25.4 Å². The maximum Gasteiger partial charge on any atom is 0.416 e. The minimum atomic E-state index is -4.72. The molecule has 0 saturated carbocycles. The quantitative estimate of drug-likeness (QED) is 0.401. The van der Waals surface area contributed by atoms with Crippen molar-refractivity contribution < 1.29 is 40.7 Å². The van der Waals surface area contributed by atoms with Crippen LogP contribution in [-0.2, 0) is 25.7 Å². The first-order chi connectivity index (χ1) is 17.5. The highest BCUT2D eigenvalue weighted by atomic mass is 79.9. The summed E-state index contributed by atoms with van der Waals surface area (Å²) in [6.07, 6.45) is -4.22. The number of piperidine rings is 1. The normalized spacial score (nSPS) is 16.6. The number of benzene rings is 2. The number of nitrogens with zero attached hydrogens (tertiary/aromatic N) is 1. The number of esters is 1. The second-order valence-corrected chi connectivity index (χ2v) is 12.3. The van der Waals surface area contributed by atoms with E-state index in [-0.39, 0.29) is 27.2 Å². The molecule has 1 saturated heterocycles. The highest BCUT2D eigenvalue weighted by Gasteiger charge is 2.34. The Morgan fingerprint density at radius 3 is 2.39 bits per heavy atom. The lowest BCUT2D eigenvalue weighted by Gasteiger charge is -2.35. The van der Waals surface area contributed by atoms with Crippen LogP contribution in [0.3, 0.4) is 0 Å². The number of ether oxygens (including phenoxy) is 2. The van der Waals surface area contributed by atoms with E-state index < -0.39 is 45.3 Å². The van der Waals surface area contributed by atoms with Crippen LogP contribution in [0.25, 0.3) is 0 Å². The topological polar surface area (TPSA) is 102 Å². The molecule has 1 amide bonds. The summed E-state index contributed by atoms with van der Waals surface area (Å²) < 4.78 is 79.8. The van der Waals surface area contributed by atoms with Gasteiger partial charge in [-0.15, -0.1) is 0 Å². The third-order valence-corrected chi connectivity index (χ3v) is 8.14. The van der Waals surface area contributed by atoms with Crippen molar-refractivity contribution in [1.82, 2.24) is 4.90 Å². The number of rotatable bonds is 5. The highest BCUT2D eigenvalue weighted by Crippen LogP contribution is 2.38. The predicted octanol–water partition coefficient (Wildman–Crippen LogP) is 6.17. The van der Waals surface area contributed by atoms with E-state index in [0.29, 0.717) is 24.9 Å². The highest BCUT2D eigenvalue weighted by molar-refractivity contribution is 9.10. The molecule has 1 atom stereocenters. The molecule has 1 aliphatic rings. The van der Waals surface area contributed by atoms with Gasteiger partial charge in [-0.05, 0) is 85.4 Å². The number of hydrogen-bond donors (Lipinski definition) is 1. The van der Waals surface area contributed by atoms with Crippen LogP contribution in [-0.4, -0.2) is 51.2 Å². The summed E-state index contributed by atoms with van der Waals surface area (Å²) in [4.78, 5) is 25.7. The van der Waals surface area contributed by atoms with E-state index in [9.17, 15) is 31.2 Å². The molecule has 1 heterocycles. The van der Waals surface area contributed by atoms with Gasteiger partial charge in [0.05, 0.1) is 23.9 Å². The number of hydrogen-bond acceptors (Lipinski definition) is 6. The molecule has 2 aromatic rings. The van der Waals surface area contributed by atoms with Crippen LogP contribution < -0.4 is 4.72 Å². The van der Waals surface area contributed by atoms with Crippen molar-refractivity contribution in [2.24, 2.45) is 0 Å². The molecular weight excluding hydrogens is 593 g/mol. The first-order valence-electron chi connectivity index (χ1n) is 11.6. The summed E-state index contributed by atoms with van der Waals surface area (Å²) in [7, 11) is -3.33. The maximum atomic E-state index is 13.6. The molecule has 8 nitrogen and oxygen atoms in total. The number of carbonyl (C=O) groups is 2. The van der Waals surface area contributed by atoms with E-state index in [1.165, 1.54) is 23.1 Å². The van der Waals surface area contributed by atoms with Crippen molar-refractivity contribution in [3.8, 4) is 0 Å². The van der Waals surface area contributed by atoms with Crippen molar-refractivity contribution in [3.05, 3.63) is 57.6 Å². The summed E-state index contributed by atoms with van der Waals surface area (Å²) in [5, 5.41) is 0. The SMILES string of the molecule is COC(=O)c1ccc(Br)c(S(=O)(=O)Nc2cc(C(F)(F)F)ccc2C2CCCN(C(=O)OC(C)(C)C)C2)c1. The zero-order valence-corrected chi connectivity index (χ0v) is 23.6. The fraction of sp³-hybridized carbons (Fsp3) is 0.440. The number of anilines is 1. The molecule has 38 heavy (non-hydrogen) atoms. The molecule has 13 heteroatoms. The minimum Gasteiger partial charge on any atom is -0.465 e.